The monoisotopic (exact) mass is 187 g/mol. The van der Waals surface area contributed by atoms with Crippen molar-refractivity contribution in [3.63, 3.8) is 0 Å². The first-order chi connectivity index (χ1) is 7.73. The lowest BCUT2D eigenvalue weighted by molar-refractivity contribution is 3.37. The highest BCUT2D eigenvalue weighted by Crippen LogP contribution is 2.01. The summed E-state index contributed by atoms with van der Waals surface area (Å²) in [6.07, 6.45) is -4.66. The molecule has 0 aromatic carbocycles. The minimum atomic E-state index is -0.796. The Hall–Kier alpha value is 1.10. The second-order valence-corrected chi connectivity index (χ2v) is 4.23. The summed E-state index contributed by atoms with van der Waals surface area (Å²) < 4.78 is 0. The molecule has 21 radical (unpaired) electrons. The van der Waals surface area contributed by atoms with E-state index in [2.05, 4.69) is 0 Å². The highest BCUT2D eigenvalue weighted by molar-refractivity contribution is 8.15. The summed E-state index contributed by atoms with van der Waals surface area (Å²) in [4.78, 5) is 0. The van der Waals surface area contributed by atoms with Gasteiger partial charge in [-0.25, -0.2) is 6.39 Å². The van der Waals surface area contributed by atoms with Crippen LogP contribution in [0, 0.1) is 0 Å². The van der Waals surface area contributed by atoms with Crippen LogP contribution >= 0.6 is 0 Å². The molecule has 0 bridgehead atoms. The molecule has 17 heteroatoms. The number of rotatable bonds is 7. The van der Waals surface area contributed by atoms with Crippen LogP contribution in [0.2, 0.25) is 0 Å². The molecule has 0 saturated carbocycles. The van der Waals surface area contributed by atoms with E-state index in [9.17, 15) is 0 Å². The van der Waals surface area contributed by atoms with Gasteiger partial charge in [-0.1, -0.05) is 6.39 Å². The Morgan fingerprint density at radius 2 is 1.06 bits per heavy atom. The predicted molar refractivity (Wildman–Crippen MR) is 97.8 cm³/mol. The summed E-state index contributed by atoms with van der Waals surface area (Å²) in [5.74, 6) is 0. The summed E-state index contributed by atoms with van der Waals surface area (Å²) in [6, 6.07) is 0. The van der Waals surface area contributed by atoms with Gasteiger partial charge in [-0.05, 0) is 86.1 Å². The van der Waals surface area contributed by atoms with Gasteiger partial charge in [0.15, 0.2) is 0 Å². The van der Waals surface area contributed by atoms with Gasteiger partial charge in [-0.3, -0.25) is 7.06 Å². The van der Waals surface area contributed by atoms with E-state index >= 15 is 0 Å². The molecule has 0 fully saturated rings. The summed E-state index contributed by atoms with van der Waals surface area (Å²) >= 11 is 0. The molecule has 0 amide bonds. The molecule has 0 aliphatic rings. The van der Waals surface area contributed by atoms with Crippen molar-refractivity contribution in [1.29, 1.82) is 0 Å². The van der Waals surface area contributed by atoms with Crippen LogP contribution in [0.5, 0.6) is 0 Å². The average Bonchev–Trinajstić information content (AvgIpc) is 2.15. The van der Waals surface area contributed by atoms with Gasteiger partial charge in [0.05, 0.1) is 0 Å². The van der Waals surface area contributed by atoms with E-state index < -0.39 is 44.7 Å². The van der Waals surface area contributed by atoms with Crippen LogP contribution in [0.25, 0.3) is 0 Å². The van der Waals surface area contributed by atoms with Crippen molar-refractivity contribution in [3.05, 3.63) is 0 Å². The third-order valence-corrected chi connectivity index (χ3v) is 2.89. The van der Waals surface area contributed by atoms with E-state index in [4.69, 9.17) is 69.6 Å². The Bertz CT molecular complexity index is 180. The first-order valence-electron chi connectivity index (χ1n) is 5.33. The lowest BCUT2D eigenvalue weighted by Gasteiger charge is -2.46. The highest BCUT2D eigenvalue weighted by Gasteiger charge is 2.36. The fourth-order valence-corrected chi connectivity index (χ4v) is 2.05. The van der Waals surface area contributed by atoms with Gasteiger partial charge in [0.2, 0.25) is 0 Å². The molecular weight excluding hydrogens is 184 g/mol. The normalized spacial score (nSPS) is 9.06. The molecule has 0 rings (SSSR count). The lowest BCUT2D eigenvalue weighted by Crippen LogP contribution is -2.76. The van der Waals surface area contributed by atoms with Crippen LogP contribution in [0.4, 0.5) is 0 Å². The minimum Gasteiger partial charge on any atom is -0.690 e. The Morgan fingerprint density at radius 1 is 0.706 bits per heavy atom. The minimum absolute atomic E-state index is 0.482. The number of hydrogen-bond donors (Lipinski definition) is 0. The van der Waals surface area contributed by atoms with Crippen molar-refractivity contribution in [3.8, 4) is 0 Å². The van der Waals surface area contributed by atoms with E-state index in [-0.39, 0.29) is 0 Å². The molecule has 0 unspecified atom stereocenters. The maximum Gasteiger partial charge on any atom is -0.0000000253 e. The van der Waals surface area contributed by atoms with Crippen LogP contribution in [0.1, 0.15) is 0 Å². The molecule has 0 atom stereocenters. The fourth-order valence-electron chi connectivity index (χ4n) is 2.05. The van der Waals surface area contributed by atoms with E-state index in [1.165, 1.54) is 7.06 Å². The lowest BCUT2D eigenvalue weighted by atomic mass is 8.43. The zero-order valence-corrected chi connectivity index (χ0v) is 9.81. The largest absolute Gasteiger partial charge is 0.690 e. The van der Waals surface area contributed by atoms with Gasteiger partial charge in [-0.2, -0.15) is 0 Å². The summed E-state index contributed by atoms with van der Waals surface area (Å²) in [6.45, 7) is 0. The first-order valence-corrected chi connectivity index (χ1v) is 5.33. The second-order valence-electron chi connectivity index (χ2n) is 4.23. The molecule has 0 spiro atoms. The van der Waals surface area contributed by atoms with E-state index in [0.717, 1.165) is 0 Å². The predicted octanol–water partition coefficient (Wildman–Crippen LogP) is -6.47. The first kappa shape index (κ1) is 18.1. The highest BCUT2D eigenvalue weighted by atomic mass is 13.2. The molecule has 0 N–H and O–H groups in total. The summed E-state index contributed by atoms with van der Waals surface area (Å²) in [7, 11) is 52.0. The quantitative estimate of drug-likeness (QED) is 0.345. The molecule has 17 heavy (non-hydrogen) atoms. The van der Waals surface area contributed by atoms with Gasteiger partial charge in [0, 0.05) is 0 Å². The maximum atomic E-state index is 5.70. The molecular formula is B17-2. The van der Waals surface area contributed by atoms with Crippen molar-refractivity contribution in [1.82, 2.24) is 0 Å². The van der Waals surface area contributed by atoms with Crippen molar-refractivity contribution in [2.75, 3.05) is 0 Å². The molecule has 0 aliphatic heterocycles. The zero-order chi connectivity index (χ0) is 13.7. The summed E-state index contributed by atoms with van der Waals surface area (Å²) in [5.41, 5.74) is 0. The molecule has 0 aromatic rings. The zero-order valence-electron chi connectivity index (χ0n) is 9.81. The van der Waals surface area contributed by atoms with Gasteiger partial charge >= 0.3 is 0 Å². The van der Waals surface area contributed by atoms with Gasteiger partial charge in [-0.15, -0.1) is 0 Å². The van der Waals surface area contributed by atoms with Gasteiger partial charge < -0.3 is 15.5 Å². The topological polar surface area (TPSA) is 0 Å². The van der Waals surface area contributed by atoms with Crippen LogP contribution in [-0.2, 0) is 0 Å². The molecule has 0 aliphatic carbocycles. The summed E-state index contributed by atoms with van der Waals surface area (Å²) in [5, 5.41) is 0. The molecule has 0 nitrogen and oxygen atoms in total. The Morgan fingerprint density at radius 3 is 1.24 bits per heavy atom. The van der Waals surface area contributed by atoms with E-state index in [0.29, 0.717) is 0 Å². The van der Waals surface area contributed by atoms with Crippen LogP contribution in [-0.4, -0.2) is 121 Å². The smallest absolute Gasteiger partial charge is 0.0000000253 e. The second kappa shape index (κ2) is 8.31. The van der Waals surface area contributed by atoms with Gasteiger partial charge in [0.1, 0.15) is 0 Å². The molecule has 0 saturated heterocycles. The third kappa shape index (κ3) is 5.31. The van der Waals surface area contributed by atoms with Crippen molar-refractivity contribution < 1.29 is 0 Å². The molecule has 53 valence electrons. The van der Waals surface area contributed by atoms with Gasteiger partial charge in [0.25, 0.3) is 0 Å². The van der Waals surface area contributed by atoms with Crippen molar-refractivity contribution in [2.24, 2.45) is 0 Å². The van der Waals surface area contributed by atoms with Crippen molar-refractivity contribution >= 4 is 121 Å². The standard InChI is InChI=1S/B17/c1-10-15(11(2)3)17(14(8)9)16(12(4)5)13(6)7/q-2. The molecule has 0 aromatic heterocycles. The SMILES string of the molecule is [B]B([B])B(B([B])[B])B(B([B])[B])B([B][B-])B([B])[B-]. The van der Waals surface area contributed by atoms with Crippen molar-refractivity contribution in [2.45, 2.75) is 0 Å². The Labute approximate surface area is 121 Å². The fraction of sp³-hybridized carbons (Fsp3) is 0. The Kier molecular flexibility index (Phi) is 8.85. The van der Waals surface area contributed by atoms with Crippen LogP contribution in [0.15, 0.2) is 0 Å². The van der Waals surface area contributed by atoms with Crippen LogP contribution < -0.4 is 0 Å². The van der Waals surface area contributed by atoms with Crippen LogP contribution in [0.3, 0.4) is 0 Å². The van der Waals surface area contributed by atoms with E-state index in [1.807, 2.05) is 0 Å². The Balaban J connectivity index is 5.16. The van der Waals surface area contributed by atoms with E-state index in [1.54, 1.807) is 0 Å². The number of hydrogen-bond acceptors (Lipinski definition) is 0. The third-order valence-electron chi connectivity index (χ3n) is 2.89. The molecule has 0 heterocycles. The average molecular weight is 184 g/mol. The maximum absolute atomic E-state index is 5.70.